The molecule has 0 unspecified atom stereocenters. The van der Waals surface area contributed by atoms with Gasteiger partial charge in [-0.25, -0.2) is 4.98 Å². The van der Waals surface area contributed by atoms with Gasteiger partial charge < -0.3 is 8.94 Å². The summed E-state index contributed by atoms with van der Waals surface area (Å²) in [5, 5.41) is 3.81. The maximum absolute atomic E-state index is 5.09. The van der Waals surface area contributed by atoms with Gasteiger partial charge >= 0.3 is 0 Å². The van der Waals surface area contributed by atoms with Crippen molar-refractivity contribution in [3.8, 4) is 0 Å². The van der Waals surface area contributed by atoms with Crippen LogP contribution in [0.5, 0.6) is 0 Å². The first-order chi connectivity index (χ1) is 10.2. The Morgan fingerprint density at radius 3 is 1.55 bits per heavy atom. The molecule has 0 spiro atoms. The van der Waals surface area contributed by atoms with Gasteiger partial charge in [-0.15, -0.1) is 0 Å². The molecule has 128 valence electrons. The summed E-state index contributed by atoms with van der Waals surface area (Å²) in [4.78, 5) is 4.02. The first kappa shape index (κ1) is 22.7. The summed E-state index contributed by atoms with van der Waals surface area (Å²) < 4.78 is 9.78. The molecule has 4 nitrogen and oxygen atoms in total. The van der Waals surface area contributed by atoms with Crippen molar-refractivity contribution >= 4 is 0 Å². The van der Waals surface area contributed by atoms with Crippen LogP contribution in [0.25, 0.3) is 0 Å². The molecule has 0 aliphatic carbocycles. The lowest BCUT2D eigenvalue weighted by Gasteiger charge is -2.12. The summed E-state index contributed by atoms with van der Waals surface area (Å²) in [6, 6.07) is 1.89. The van der Waals surface area contributed by atoms with Crippen molar-refractivity contribution in [3.05, 3.63) is 36.4 Å². The fourth-order valence-electron chi connectivity index (χ4n) is 1.19. The highest BCUT2D eigenvalue weighted by Gasteiger charge is 2.17. The lowest BCUT2D eigenvalue weighted by atomic mass is 9.93. The standard InChI is InChI=1S/2C7H11NO.2C2H6/c1-7(2,3)6-8-4-5-9-6;1-7(2,3)6-4-5-9-8-6;2*1-2/h2*4-5H,1-3H3;2*1-2H3. The molecule has 4 heteroatoms. The van der Waals surface area contributed by atoms with Gasteiger partial charge in [-0.3, -0.25) is 0 Å². The number of hydrogen-bond donors (Lipinski definition) is 0. The van der Waals surface area contributed by atoms with Gasteiger partial charge in [-0.2, -0.15) is 0 Å². The summed E-state index contributed by atoms with van der Waals surface area (Å²) in [5.41, 5.74) is 1.17. The smallest absolute Gasteiger partial charge is 0.199 e. The average Bonchev–Trinajstić information content (AvgIpc) is 3.16. The highest BCUT2D eigenvalue weighted by molar-refractivity contribution is 5.07. The van der Waals surface area contributed by atoms with E-state index < -0.39 is 0 Å². The second-order valence-electron chi connectivity index (χ2n) is 6.22. The Balaban J connectivity index is 0. The van der Waals surface area contributed by atoms with Gasteiger partial charge in [0.25, 0.3) is 0 Å². The van der Waals surface area contributed by atoms with Gasteiger partial charge in [0.1, 0.15) is 12.5 Å². The van der Waals surface area contributed by atoms with Crippen LogP contribution in [0.4, 0.5) is 0 Å². The minimum atomic E-state index is 0.0451. The number of nitrogens with zero attached hydrogens (tertiary/aromatic N) is 2. The second kappa shape index (κ2) is 11.0. The lowest BCUT2D eigenvalue weighted by molar-refractivity contribution is 0.392. The van der Waals surface area contributed by atoms with Crippen LogP contribution in [0.1, 0.15) is 80.8 Å². The van der Waals surface area contributed by atoms with Crippen LogP contribution in [0.3, 0.4) is 0 Å². The molecule has 0 bridgehead atoms. The van der Waals surface area contributed by atoms with Crippen molar-refractivity contribution < 1.29 is 8.94 Å². The topological polar surface area (TPSA) is 52.1 Å². The Bertz CT molecular complexity index is 388. The predicted octanol–water partition coefficient (Wildman–Crippen LogP) is 6.00. The molecule has 0 atom stereocenters. The van der Waals surface area contributed by atoms with E-state index in [0.29, 0.717) is 0 Å². The zero-order valence-corrected chi connectivity index (χ0v) is 16.0. The summed E-state index contributed by atoms with van der Waals surface area (Å²) in [7, 11) is 0. The normalized spacial score (nSPS) is 10.3. The molecular formula is C18H34N2O2. The van der Waals surface area contributed by atoms with Gasteiger partial charge in [0.2, 0.25) is 0 Å². The van der Waals surface area contributed by atoms with Crippen LogP contribution in [-0.2, 0) is 10.8 Å². The van der Waals surface area contributed by atoms with Crippen LogP contribution in [0, 0.1) is 0 Å². The minimum absolute atomic E-state index is 0.0451. The van der Waals surface area contributed by atoms with Crippen molar-refractivity contribution in [3.63, 3.8) is 0 Å². The average molecular weight is 310 g/mol. The Hall–Kier alpha value is -1.58. The molecule has 0 fully saturated rings. The van der Waals surface area contributed by atoms with E-state index in [9.17, 15) is 0 Å². The molecule has 0 saturated carbocycles. The zero-order valence-electron chi connectivity index (χ0n) is 16.0. The third kappa shape index (κ3) is 9.37. The predicted molar refractivity (Wildman–Crippen MR) is 93.1 cm³/mol. The summed E-state index contributed by atoms with van der Waals surface area (Å²) >= 11 is 0. The van der Waals surface area contributed by atoms with E-state index in [-0.39, 0.29) is 10.8 Å². The molecule has 0 saturated heterocycles. The third-order valence-electron chi connectivity index (χ3n) is 2.28. The van der Waals surface area contributed by atoms with Crippen molar-refractivity contribution in [2.45, 2.75) is 80.1 Å². The number of hydrogen-bond acceptors (Lipinski definition) is 4. The first-order valence-electron chi connectivity index (χ1n) is 8.02. The molecule has 0 aromatic carbocycles. The molecule has 2 rings (SSSR count). The number of rotatable bonds is 0. The molecule has 0 aliphatic rings. The number of oxazole rings is 1. The fourth-order valence-corrected chi connectivity index (χ4v) is 1.19. The monoisotopic (exact) mass is 310 g/mol. The van der Waals surface area contributed by atoms with E-state index in [2.05, 4.69) is 51.7 Å². The Kier molecular flexibility index (Phi) is 11.4. The maximum Gasteiger partial charge on any atom is 0.199 e. The highest BCUT2D eigenvalue weighted by atomic mass is 16.5. The molecule has 0 amide bonds. The summed E-state index contributed by atoms with van der Waals surface area (Å²) in [5.74, 6) is 0.794. The zero-order chi connectivity index (χ0) is 17.8. The van der Waals surface area contributed by atoms with Crippen LogP contribution in [0.2, 0.25) is 0 Å². The van der Waals surface area contributed by atoms with Crippen LogP contribution < -0.4 is 0 Å². The van der Waals surface area contributed by atoms with E-state index >= 15 is 0 Å². The van der Waals surface area contributed by atoms with E-state index in [1.165, 1.54) is 0 Å². The van der Waals surface area contributed by atoms with Gasteiger partial charge in [0.15, 0.2) is 5.89 Å². The lowest BCUT2D eigenvalue weighted by Crippen LogP contribution is -2.10. The SMILES string of the molecule is CC.CC.CC(C)(C)c1ccon1.CC(C)(C)c1ncco1. The largest absolute Gasteiger partial charge is 0.448 e. The Morgan fingerprint density at radius 2 is 1.36 bits per heavy atom. The quantitative estimate of drug-likeness (QED) is 0.599. The molecule has 0 radical (unpaired) electrons. The summed E-state index contributed by atoms with van der Waals surface area (Å²) in [6.07, 6.45) is 4.86. The van der Waals surface area contributed by atoms with Crippen LogP contribution >= 0.6 is 0 Å². The minimum Gasteiger partial charge on any atom is -0.448 e. The van der Waals surface area contributed by atoms with E-state index in [4.69, 9.17) is 8.94 Å². The third-order valence-corrected chi connectivity index (χ3v) is 2.28. The van der Waals surface area contributed by atoms with Gasteiger partial charge in [-0.1, -0.05) is 74.4 Å². The summed E-state index contributed by atoms with van der Waals surface area (Å²) in [6.45, 7) is 20.5. The Labute approximate surface area is 136 Å². The van der Waals surface area contributed by atoms with Crippen molar-refractivity contribution in [2.75, 3.05) is 0 Å². The van der Waals surface area contributed by atoms with E-state index in [1.807, 2.05) is 33.8 Å². The Morgan fingerprint density at radius 1 is 0.818 bits per heavy atom. The van der Waals surface area contributed by atoms with Gasteiger partial charge in [-0.05, 0) is 0 Å². The van der Waals surface area contributed by atoms with E-state index in [0.717, 1.165) is 11.6 Å². The van der Waals surface area contributed by atoms with Crippen molar-refractivity contribution in [2.24, 2.45) is 0 Å². The molecule has 22 heavy (non-hydrogen) atoms. The molecule has 0 N–H and O–H groups in total. The first-order valence-corrected chi connectivity index (χ1v) is 8.02. The van der Waals surface area contributed by atoms with Gasteiger partial charge in [0.05, 0.1) is 11.9 Å². The molecular weight excluding hydrogens is 276 g/mol. The molecule has 2 heterocycles. The van der Waals surface area contributed by atoms with Crippen molar-refractivity contribution in [1.29, 1.82) is 0 Å². The highest BCUT2D eigenvalue weighted by Crippen LogP contribution is 2.19. The number of aromatic nitrogens is 2. The molecule has 0 aliphatic heterocycles. The molecule has 2 aromatic heterocycles. The van der Waals surface area contributed by atoms with E-state index in [1.54, 1.807) is 18.7 Å². The maximum atomic E-state index is 5.09. The van der Waals surface area contributed by atoms with Crippen LogP contribution in [-0.4, -0.2) is 10.1 Å². The molecule has 2 aromatic rings. The fraction of sp³-hybridized carbons (Fsp3) is 0.667. The second-order valence-corrected chi connectivity index (χ2v) is 6.22. The van der Waals surface area contributed by atoms with Crippen LogP contribution in [0.15, 0.2) is 33.7 Å². The van der Waals surface area contributed by atoms with Gasteiger partial charge in [0, 0.05) is 16.9 Å². The van der Waals surface area contributed by atoms with Crippen molar-refractivity contribution in [1.82, 2.24) is 10.1 Å².